The van der Waals surface area contributed by atoms with Gasteiger partial charge in [0.05, 0.1) is 11.5 Å². The Kier molecular flexibility index (Phi) is 5.54. The van der Waals surface area contributed by atoms with Crippen LogP contribution in [0.4, 0.5) is 0 Å². The van der Waals surface area contributed by atoms with E-state index in [1.54, 1.807) is 0 Å². The predicted molar refractivity (Wildman–Crippen MR) is 88.8 cm³/mol. The Morgan fingerprint density at radius 2 is 1.91 bits per heavy atom. The molecule has 2 amide bonds. The van der Waals surface area contributed by atoms with Crippen LogP contribution in [0, 0.1) is 11.3 Å². The molecule has 23 heavy (non-hydrogen) atoms. The summed E-state index contributed by atoms with van der Waals surface area (Å²) in [5, 5.41) is 8.68. The monoisotopic (exact) mass is 312 g/mol. The molecule has 1 atom stereocenters. The van der Waals surface area contributed by atoms with E-state index in [1.807, 2.05) is 38.1 Å². The summed E-state index contributed by atoms with van der Waals surface area (Å²) in [6.07, 6.45) is 4.52. The number of amides is 2. The first-order valence-corrected chi connectivity index (χ1v) is 8.39. The zero-order valence-corrected chi connectivity index (χ0v) is 14.0. The third-order valence-corrected chi connectivity index (χ3v) is 4.66. The van der Waals surface area contributed by atoms with E-state index in [2.05, 4.69) is 6.07 Å². The zero-order chi connectivity index (χ0) is 16.9. The molecule has 122 valence electrons. The van der Waals surface area contributed by atoms with Gasteiger partial charge in [0.1, 0.15) is 0 Å². The molecule has 4 heteroatoms. The molecule has 0 radical (unpaired) electrons. The molecule has 0 saturated heterocycles. The van der Waals surface area contributed by atoms with Crippen LogP contribution in [0.1, 0.15) is 68.3 Å². The van der Waals surface area contributed by atoms with E-state index < -0.39 is 5.41 Å². The van der Waals surface area contributed by atoms with Crippen molar-refractivity contribution in [3.63, 3.8) is 0 Å². The number of carbonyl (C=O) groups is 2. The SMILES string of the molecule is CCCCN1C(=O)c2ccccc2C(C)(CCCCC#N)C1=O. The summed E-state index contributed by atoms with van der Waals surface area (Å²) < 4.78 is 0. The van der Waals surface area contributed by atoms with E-state index in [-0.39, 0.29) is 11.8 Å². The third-order valence-electron chi connectivity index (χ3n) is 4.66. The lowest BCUT2D eigenvalue weighted by atomic mass is 9.72. The molecule has 0 spiro atoms. The Morgan fingerprint density at radius 1 is 1.17 bits per heavy atom. The summed E-state index contributed by atoms with van der Waals surface area (Å²) in [5.41, 5.74) is 0.805. The molecule has 1 aromatic carbocycles. The fraction of sp³-hybridized carbons (Fsp3) is 0.526. The number of imide groups is 1. The molecule has 1 aliphatic rings. The van der Waals surface area contributed by atoms with E-state index in [0.29, 0.717) is 24.9 Å². The normalized spacial score (nSPS) is 20.3. The number of nitriles is 1. The van der Waals surface area contributed by atoms with E-state index in [0.717, 1.165) is 31.2 Å². The van der Waals surface area contributed by atoms with Gasteiger partial charge in [0.15, 0.2) is 0 Å². The summed E-state index contributed by atoms with van der Waals surface area (Å²) in [6, 6.07) is 9.59. The highest BCUT2D eigenvalue weighted by molar-refractivity contribution is 6.13. The van der Waals surface area contributed by atoms with Gasteiger partial charge in [0.25, 0.3) is 5.91 Å². The van der Waals surface area contributed by atoms with Crippen LogP contribution in [-0.4, -0.2) is 23.3 Å². The van der Waals surface area contributed by atoms with Crippen molar-refractivity contribution in [1.82, 2.24) is 4.90 Å². The van der Waals surface area contributed by atoms with Gasteiger partial charge in [-0.2, -0.15) is 5.26 Å². The molecule has 0 aromatic heterocycles. The Balaban J connectivity index is 2.34. The van der Waals surface area contributed by atoms with E-state index in [4.69, 9.17) is 5.26 Å². The molecule has 4 nitrogen and oxygen atoms in total. The highest BCUT2D eigenvalue weighted by Gasteiger charge is 2.46. The second kappa shape index (κ2) is 7.41. The van der Waals surface area contributed by atoms with Gasteiger partial charge in [-0.05, 0) is 37.8 Å². The smallest absolute Gasteiger partial charge is 0.260 e. The fourth-order valence-electron chi connectivity index (χ4n) is 3.24. The van der Waals surface area contributed by atoms with Crippen LogP contribution in [0.3, 0.4) is 0 Å². The van der Waals surface area contributed by atoms with Crippen molar-refractivity contribution in [2.24, 2.45) is 0 Å². The maximum atomic E-state index is 13.0. The van der Waals surface area contributed by atoms with Crippen molar-refractivity contribution in [1.29, 1.82) is 5.26 Å². The molecule has 1 aliphatic heterocycles. The number of hydrogen-bond acceptors (Lipinski definition) is 3. The summed E-state index contributed by atoms with van der Waals surface area (Å²) in [7, 11) is 0. The first-order valence-electron chi connectivity index (χ1n) is 8.39. The molecule has 0 N–H and O–H groups in total. The molecule has 0 bridgehead atoms. The molecule has 2 rings (SSSR count). The van der Waals surface area contributed by atoms with Gasteiger partial charge in [-0.1, -0.05) is 38.0 Å². The number of nitrogens with zero attached hydrogens (tertiary/aromatic N) is 2. The molecule has 0 saturated carbocycles. The summed E-state index contributed by atoms with van der Waals surface area (Å²) in [6.45, 7) is 4.47. The minimum atomic E-state index is -0.673. The van der Waals surface area contributed by atoms with Crippen molar-refractivity contribution in [2.75, 3.05) is 6.54 Å². The number of rotatable bonds is 7. The van der Waals surface area contributed by atoms with Crippen molar-refractivity contribution < 1.29 is 9.59 Å². The maximum absolute atomic E-state index is 13.0. The lowest BCUT2D eigenvalue weighted by molar-refractivity contribution is -0.135. The molecular formula is C19H24N2O2. The van der Waals surface area contributed by atoms with Crippen LogP contribution in [-0.2, 0) is 10.2 Å². The lowest BCUT2D eigenvalue weighted by Crippen LogP contribution is -2.53. The molecule has 1 heterocycles. The fourth-order valence-corrected chi connectivity index (χ4v) is 3.24. The summed E-state index contributed by atoms with van der Waals surface area (Å²) in [4.78, 5) is 27.1. The standard InChI is InChI=1S/C19H24N2O2/c1-3-4-14-21-17(22)15-10-6-7-11-16(15)19(2,18(21)23)12-8-5-9-13-20/h6-7,10-11H,3-5,8-9,12,14H2,1-2H3. The molecule has 1 unspecified atom stereocenters. The summed E-state index contributed by atoms with van der Waals surface area (Å²) >= 11 is 0. The number of unbranched alkanes of at least 4 members (excludes halogenated alkanes) is 3. The minimum Gasteiger partial charge on any atom is -0.278 e. The van der Waals surface area contributed by atoms with Crippen molar-refractivity contribution in [2.45, 2.75) is 57.8 Å². The van der Waals surface area contributed by atoms with Gasteiger partial charge in [0.2, 0.25) is 5.91 Å². The van der Waals surface area contributed by atoms with E-state index in [1.165, 1.54) is 4.90 Å². The Morgan fingerprint density at radius 3 is 2.61 bits per heavy atom. The van der Waals surface area contributed by atoms with Gasteiger partial charge in [0, 0.05) is 18.5 Å². The topological polar surface area (TPSA) is 61.2 Å². The number of fused-ring (bicyclic) bond motifs is 1. The van der Waals surface area contributed by atoms with Crippen LogP contribution < -0.4 is 0 Å². The maximum Gasteiger partial charge on any atom is 0.260 e. The number of carbonyl (C=O) groups excluding carboxylic acids is 2. The Hall–Kier alpha value is -2.15. The number of benzene rings is 1. The van der Waals surface area contributed by atoms with Gasteiger partial charge in [-0.3, -0.25) is 14.5 Å². The van der Waals surface area contributed by atoms with Gasteiger partial charge >= 0.3 is 0 Å². The first kappa shape index (κ1) is 17.2. The third kappa shape index (κ3) is 3.29. The van der Waals surface area contributed by atoms with E-state index in [9.17, 15) is 9.59 Å². The molecular weight excluding hydrogens is 288 g/mol. The average Bonchev–Trinajstić information content (AvgIpc) is 2.57. The quantitative estimate of drug-likeness (QED) is 0.568. The molecule has 0 aliphatic carbocycles. The minimum absolute atomic E-state index is 0.0911. The first-order chi connectivity index (χ1) is 11.1. The summed E-state index contributed by atoms with van der Waals surface area (Å²) in [5.74, 6) is -0.264. The highest BCUT2D eigenvalue weighted by atomic mass is 16.2. The van der Waals surface area contributed by atoms with Crippen LogP contribution in [0.5, 0.6) is 0 Å². The van der Waals surface area contributed by atoms with E-state index >= 15 is 0 Å². The average molecular weight is 312 g/mol. The zero-order valence-electron chi connectivity index (χ0n) is 14.0. The van der Waals surface area contributed by atoms with Gasteiger partial charge < -0.3 is 0 Å². The largest absolute Gasteiger partial charge is 0.278 e. The van der Waals surface area contributed by atoms with Crippen LogP contribution in [0.25, 0.3) is 0 Å². The number of hydrogen-bond donors (Lipinski definition) is 0. The highest BCUT2D eigenvalue weighted by Crippen LogP contribution is 2.38. The Bertz CT molecular complexity index is 633. The van der Waals surface area contributed by atoms with Gasteiger partial charge in [-0.15, -0.1) is 0 Å². The van der Waals surface area contributed by atoms with Crippen LogP contribution >= 0.6 is 0 Å². The predicted octanol–water partition coefficient (Wildman–Crippen LogP) is 3.81. The van der Waals surface area contributed by atoms with Crippen molar-refractivity contribution in [3.05, 3.63) is 35.4 Å². The molecule has 0 fully saturated rings. The van der Waals surface area contributed by atoms with Crippen LogP contribution in [0.15, 0.2) is 24.3 Å². The second-order valence-electron chi connectivity index (χ2n) is 6.36. The van der Waals surface area contributed by atoms with Gasteiger partial charge in [-0.25, -0.2) is 0 Å². The Labute approximate surface area is 138 Å². The van der Waals surface area contributed by atoms with Crippen LogP contribution in [0.2, 0.25) is 0 Å². The second-order valence-corrected chi connectivity index (χ2v) is 6.36. The lowest BCUT2D eigenvalue weighted by Gasteiger charge is -2.40. The van der Waals surface area contributed by atoms with Crippen molar-refractivity contribution in [3.8, 4) is 6.07 Å². The van der Waals surface area contributed by atoms with Crippen molar-refractivity contribution >= 4 is 11.8 Å². The molecule has 1 aromatic rings.